The van der Waals surface area contributed by atoms with Crippen molar-refractivity contribution in [3.63, 3.8) is 0 Å². The Morgan fingerprint density at radius 1 is 1.37 bits per heavy atom. The average Bonchev–Trinajstić information content (AvgIpc) is 2.37. The Hall–Kier alpha value is -1.26. The maximum Gasteiger partial charge on any atom is 0.323 e. The van der Waals surface area contributed by atoms with Crippen molar-refractivity contribution in [1.82, 2.24) is 9.80 Å². The molecule has 1 rings (SSSR count). The van der Waals surface area contributed by atoms with E-state index in [1.165, 1.54) is 4.90 Å². The number of aliphatic carboxylic acids is 1. The van der Waals surface area contributed by atoms with Crippen LogP contribution < -0.4 is 0 Å². The zero-order chi connectivity index (χ0) is 14.6. The Kier molecular flexibility index (Phi) is 5.63. The summed E-state index contributed by atoms with van der Waals surface area (Å²) in [4.78, 5) is 26.8. The third-order valence-electron chi connectivity index (χ3n) is 4.04. The van der Waals surface area contributed by atoms with Gasteiger partial charge in [0.25, 0.3) is 0 Å². The van der Waals surface area contributed by atoms with E-state index in [0.717, 1.165) is 25.8 Å². The Labute approximate surface area is 115 Å². The normalized spacial score (nSPS) is 24.9. The molecule has 1 heterocycles. The molecule has 1 saturated heterocycles. The minimum Gasteiger partial charge on any atom is -0.480 e. The predicted molar refractivity (Wildman–Crippen MR) is 74.1 cm³/mol. The van der Waals surface area contributed by atoms with Crippen LogP contribution in [0, 0.1) is 5.92 Å². The molecule has 0 bridgehead atoms. The summed E-state index contributed by atoms with van der Waals surface area (Å²) in [5.41, 5.74) is 0. The first-order valence-electron chi connectivity index (χ1n) is 7.15. The molecule has 1 aliphatic heterocycles. The number of amides is 2. The highest BCUT2D eigenvalue weighted by atomic mass is 16.4. The number of piperidine rings is 1. The molecule has 1 fully saturated rings. The van der Waals surface area contributed by atoms with Crippen molar-refractivity contribution in [1.29, 1.82) is 0 Å². The lowest BCUT2D eigenvalue weighted by Gasteiger charge is -2.41. The summed E-state index contributed by atoms with van der Waals surface area (Å²) in [7, 11) is 0. The molecule has 0 saturated carbocycles. The Bertz CT molecular complexity index is 333. The number of hydrogen-bond acceptors (Lipinski definition) is 2. The van der Waals surface area contributed by atoms with Gasteiger partial charge in [-0.3, -0.25) is 4.79 Å². The highest BCUT2D eigenvalue weighted by molar-refractivity contribution is 5.80. The SMILES string of the molecule is CCC(C)N(CC(=O)O)C(=O)N1CC(C)CCC1C. The summed E-state index contributed by atoms with van der Waals surface area (Å²) in [5.74, 6) is -0.463. The molecule has 1 N–H and O–H groups in total. The van der Waals surface area contributed by atoms with Crippen molar-refractivity contribution in [3.8, 4) is 0 Å². The molecule has 2 amide bonds. The summed E-state index contributed by atoms with van der Waals surface area (Å²) < 4.78 is 0. The van der Waals surface area contributed by atoms with Crippen molar-refractivity contribution >= 4 is 12.0 Å². The predicted octanol–water partition coefficient (Wildman–Crippen LogP) is 2.41. The number of carboxylic acids is 1. The van der Waals surface area contributed by atoms with Gasteiger partial charge in [-0.15, -0.1) is 0 Å². The van der Waals surface area contributed by atoms with Gasteiger partial charge >= 0.3 is 12.0 Å². The van der Waals surface area contributed by atoms with Crippen LogP contribution in [0.1, 0.15) is 47.0 Å². The maximum absolute atomic E-state index is 12.6. The van der Waals surface area contributed by atoms with E-state index < -0.39 is 5.97 Å². The van der Waals surface area contributed by atoms with Crippen LogP contribution >= 0.6 is 0 Å². The second kappa shape index (κ2) is 6.78. The molecule has 5 nitrogen and oxygen atoms in total. The Balaban J connectivity index is 2.82. The first kappa shape index (κ1) is 15.8. The molecular formula is C14H26N2O3. The van der Waals surface area contributed by atoms with Crippen LogP contribution in [0.25, 0.3) is 0 Å². The van der Waals surface area contributed by atoms with E-state index in [-0.39, 0.29) is 24.7 Å². The van der Waals surface area contributed by atoms with Gasteiger partial charge in [0.15, 0.2) is 0 Å². The fourth-order valence-corrected chi connectivity index (χ4v) is 2.50. The lowest BCUT2D eigenvalue weighted by atomic mass is 9.95. The van der Waals surface area contributed by atoms with Crippen molar-refractivity contribution in [2.45, 2.75) is 59.0 Å². The van der Waals surface area contributed by atoms with Crippen LogP contribution in [0.4, 0.5) is 4.79 Å². The van der Waals surface area contributed by atoms with Crippen molar-refractivity contribution in [2.75, 3.05) is 13.1 Å². The highest BCUT2D eigenvalue weighted by Gasteiger charge is 2.32. The molecule has 3 atom stereocenters. The first-order valence-corrected chi connectivity index (χ1v) is 7.15. The van der Waals surface area contributed by atoms with Crippen LogP contribution in [0.15, 0.2) is 0 Å². The summed E-state index contributed by atoms with van der Waals surface area (Å²) >= 11 is 0. The fourth-order valence-electron chi connectivity index (χ4n) is 2.50. The number of nitrogens with zero attached hydrogens (tertiary/aromatic N) is 2. The summed E-state index contributed by atoms with van der Waals surface area (Å²) in [5, 5.41) is 8.98. The van der Waals surface area contributed by atoms with Crippen LogP contribution in [0.5, 0.6) is 0 Å². The molecule has 1 aliphatic rings. The number of urea groups is 1. The van der Waals surface area contributed by atoms with E-state index in [1.807, 2.05) is 25.7 Å². The lowest BCUT2D eigenvalue weighted by Crippen LogP contribution is -2.54. The molecule has 0 aromatic heterocycles. The molecule has 3 unspecified atom stereocenters. The molecule has 0 aromatic rings. The third kappa shape index (κ3) is 4.11. The summed E-state index contributed by atoms with van der Waals surface area (Å²) in [6, 6.07) is 0.0212. The van der Waals surface area contributed by atoms with Gasteiger partial charge in [0, 0.05) is 18.6 Å². The van der Waals surface area contributed by atoms with Crippen LogP contribution in [-0.2, 0) is 4.79 Å². The number of carbonyl (C=O) groups is 2. The van der Waals surface area contributed by atoms with E-state index in [2.05, 4.69) is 6.92 Å². The minimum absolute atomic E-state index is 0.0481. The van der Waals surface area contributed by atoms with Gasteiger partial charge in [-0.25, -0.2) is 4.79 Å². The standard InChI is InChI=1S/C14H26N2O3/c1-5-11(3)16(9-13(17)18)14(19)15-8-10(2)6-7-12(15)4/h10-12H,5-9H2,1-4H3,(H,17,18). The molecule has 19 heavy (non-hydrogen) atoms. The summed E-state index contributed by atoms with van der Waals surface area (Å²) in [6.45, 7) is 8.56. The molecule has 0 aliphatic carbocycles. The number of hydrogen-bond donors (Lipinski definition) is 1. The van der Waals surface area contributed by atoms with Gasteiger partial charge in [0.2, 0.25) is 0 Å². The zero-order valence-electron chi connectivity index (χ0n) is 12.4. The maximum atomic E-state index is 12.6. The largest absolute Gasteiger partial charge is 0.480 e. The number of rotatable bonds is 4. The Morgan fingerprint density at radius 3 is 2.53 bits per heavy atom. The quantitative estimate of drug-likeness (QED) is 0.853. The minimum atomic E-state index is -0.952. The zero-order valence-corrected chi connectivity index (χ0v) is 12.4. The van der Waals surface area contributed by atoms with E-state index in [1.54, 1.807) is 0 Å². The van der Waals surface area contributed by atoms with Gasteiger partial charge in [-0.05, 0) is 39.0 Å². The van der Waals surface area contributed by atoms with E-state index in [9.17, 15) is 9.59 Å². The molecule has 0 spiro atoms. The highest BCUT2D eigenvalue weighted by Crippen LogP contribution is 2.23. The van der Waals surface area contributed by atoms with E-state index >= 15 is 0 Å². The second-order valence-electron chi connectivity index (χ2n) is 5.75. The van der Waals surface area contributed by atoms with Crippen LogP contribution in [-0.4, -0.2) is 52.1 Å². The summed E-state index contributed by atoms with van der Waals surface area (Å²) in [6.07, 6.45) is 2.89. The Morgan fingerprint density at radius 2 is 2.00 bits per heavy atom. The first-order chi connectivity index (χ1) is 8.86. The number of likely N-dealkylation sites (tertiary alicyclic amines) is 1. The number of carboxylic acid groups (broad SMARTS) is 1. The monoisotopic (exact) mass is 270 g/mol. The molecule has 0 aromatic carbocycles. The molecule has 5 heteroatoms. The van der Waals surface area contributed by atoms with Crippen molar-refractivity contribution in [2.24, 2.45) is 5.92 Å². The third-order valence-corrected chi connectivity index (χ3v) is 4.04. The number of carbonyl (C=O) groups excluding carboxylic acids is 1. The fraction of sp³-hybridized carbons (Fsp3) is 0.857. The van der Waals surface area contributed by atoms with E-state index in [0.29, 0.717) is 5.92 Å². The molecule has 110 valence electrons. The molecule has 0 radical (unpaired) electrons. The second-order valence-corrected chi connectivity index (χ2v) is 5.75. The van der Waals surface area contributed by atoms with Crippen molar-refractivity contribution < 1.29 is 14.7 Å². The van der Waals surface area contributed by atoms with E-state index in [4.69, 9.17) is 5.11 Å². The smallest absolute Gasteiger partial charge is 0.323 e. The topological polar surface area (TPSA) is 60.9 Å². The van der Waals surface area contributed by atoms with Crippen molar-refractivity contribution in [3.05, 3.63) is 0 Å². The molecular weight excluding hydrogens is 244 g/mol. The van der Waals surface area contributed by atoms with Gasteiger partial charge in [0.05, 0.1) is 0 Å². The van der Waals surface area contributed by atoms with Crippen LogP contribution in [0.2, 0.25) is 0 Å². The van der Waals surface area contributed by atoms with Gasteiger partial charge in [-0.2, -0.15) is 0 Å². The lowest BCUT2D eigenvalue weighted by molar-refractivity contribution is -0.138. The van der Waals surface area contributed by atoms with Gasteiger partial charge < -0.3 is 14.9 Å². The van der Waals surface area contributed by atoms with Gasteiger partial charge in [-0.1, -0.05) is 13.8 Å². The average molecular weight is 270 g/mol. The van der Waals surface area contributed by atoms with Crippen LogP contribution in [0.3, 0.4) is 0 Å². The van der Waals surface area contributed by atoms with Gasteiger partial charge in [0.1, 0.15) is 6.54 Å².